The Morgan fingerprint density at radius 2 is 1.94 bits per heavy atom. The second-order valence-electron chi connectivity index (χ2n) is 6.18. The average Bonchev–Trinajstić information content (AvgIpc) is 2.29. The molecular formula is C14H28N2. The normalized spacial score (nSPS) is 34.9. The molecule has 1 saturated carbocycles. The Kier molecular flexibility index (Phi) is 4.26. The lowest BCUT2D eigenvalue weighted by Gasteiger charge is -2.38. The van der Waals surface area contributed by atoms with Crippen LogP contribution in [-0.2, 0) is 0 Å². The van der Waals surface area contributed by atoms with Crippen molar-refractivity contribution in [3.8, 4) is 0 Å². The summed E-state index contributed by atoms with van der Waals surface area (Å²) in [4.78, 5) is 0. The van der Waals surface area contributed by atoms with Gasteiger partial charge in [-0.25, -0.2) is 0 Å². The van der Waals surface area contributed by atoms with E-state index in [1.54, 1.807) is 0 Å². The van der Waals surface area contributed by atoms with Crippen LogP contribution in [0.25, 0.3) is 0 Å². The number of hydrogen-bond donors (Lipinski definition) is 2. The molecule has 0 amide bonds. The number of hydrogen-bond acceptors (Lipinski definition) is 2. The predicted molar refractivity (Wildman–Crippen MR) is 69.7 cm³/mol. The molecule has 2 heteroatoms. The fourth-order valence-electron chi connectivity index (χ4n) is 3.25. The lowest BCUT2D eigenvalue weighted by Crippen LogP contribution is -2.53. The SMILES string of the molecule is CC1CCCNC1CNC1(C)CCCCC1. The van der Waals surface area contributed by atoms with Gasteiger partial charge in [0.15, 0.2) is 0 Å². The molecule has 0 aromatic rings. The van der Waals surface area contributed by atoms with Crippen molar-refractivity contribution < 1.29 is 0 Å². The van der Waals surface area contributed by atoms with Crippen LogP contribution in [0, 0.1) is 5.92 Å². The van der Waals surface area contributed by atoms with Crippen molar-refractivity contribution in [3.63, 3.8) is 0 Å². The molecule has 16 heavy (non-hydrogen) atoms. The molecule has 0 spiro atoms. The van der Waals surface area contributed by atoms with E-state index >= 15 is 0 Å². The molecule has 2 nitrogen and oxygen atoms in total. The second kappa shape index (κ2) is 5.50. The Morgan fingerprint density at radius 1 is 1.19 bits per heavy atom. The van der Waals surface area contributed by atoms with Crippen molar-refractivity contribution in [1.29, 1.82) is 0 Å². The standard InChI is InChI=1S/C14H28N2/c1-12-7-6-10-15-13(12)11-16-14(2)8-4-3-5-9-14/h12-13,15-16H,3-11H2,1-2H3. The van der Waals surface area contributed by atoms with Crippen LogP contribution in [0.15, 0.2) is 0 Å². The molecule has 0 aromatic heterocycles. The molecule has 2 fully saturated rings. The van der Waals surface area contributed by atoms with Gasteiger partial charge in [0.05, 0.1) is 0 Å². The molecule has 2 N–H and O–H groups in total. The molecular weight excluding hydrogens is 196 g/mol. The fraction of sp³-hybridized carbons (Fsp3) is 1.00. The minimum atomic E-state index is 0.428. The first-order valence-electron chi connectivity index (χ1n) is 7.18. The van der Waals surface area contributed by atoms with Crippen LogP contribution in [0.3, 0.4) is 0 Å². The maximum atomic E-state index is 3.84. The summed E-state index contributed by atoms with van der Waals surface area (Å²) < 4.78 is 0. The fourth-order valence-corrected chi connectivity index (χ4v) is 3.25. The molecule has 0 aromatic carbocycles. The molecule has 1 heterocycles. The molecule has 1 aliphatic carbocycles. The molecule has 1 saturated heterocycles. The van der Waals surface area contributed by atoms with Crippen molar-refractivity contribution in [3.05, 3.63) is 0 Å². The first-order chi connectivity index (χ1) is 7.70. The van der Waals surface area contributed by atoms with Crippen LogP contribution < -0.4 is 10.6 Å². The Labute approximate surface area is 101 Å². The largest absolute Gasteiger partial charge is 0.312 e. The van der Waals surface area contributed by atoms with Gasteiger partial charge in [-0.1, -0.05) is 26.2 Å². The summed E-state index contributed by atoms with van der Waals surface area (Å²) in [6.07, 6.45) is 9.76. The summed E-state index contributed by atoms with van der Waals surface area (Å²) in [5, 5.41) is 7.50. The summed E-state index contributed by atoms with van der Waals surface area (Å²) in [5.74, 6) is 0.841. The summed E-state index contributed by atoms with van der Waals surface area (Å²) in [6, 6.07) is 0.701. The van der Waals surface area contributed by atoms with E-state index in [2.05, 4.69) is 24.5 Å². The van der Waals surface area contributed by atoms with E-state index in [4.69, 9.17) is 0 Å². The van der Waals surface area contributed by atoms with Crippen molar-refractivity contribution in [2.75, 3.05) is 13.1 Å². The zero-order valence-corrected chi connectivity index (χ0v) is 11.0. The van der Waals surface area contributed by atoms with Gasteiger partial charge in [-0.05, 0) is 45.1 Å². The Morgan fingerprint density at radius 3 is 2.62 bits per heavy atom. The van der Waals surface area contributed by atoms with Gasteiger partial charge in [0.1, 0.15) is 0 Å². The summed E-state index contributed by atoms with van der Waals surface area (Å²) in [7, 11) is 0. The van der Waals surface area contributed by atoms with E-state index in [0.717, 1.165) is 12.5 Å². The second-order valence-corrected chi connectivity index (χ2v) is 6.18. The quantitative estimate of drug-likeness (QED) is 0.770. The van der Waals surface area contributed by atoms with Gasteiger partial charge in [0.2, 0.25) is 0 Å². The van der Waals surface area contributed by atoms with Gasteiger partial charge >= 0.3 is 0 Å². The first-order valence-corrected chi connectivity index (χ1v) is 7.18. The monoisotopic (exact) mass is 224 g/mol. The molecule has 0 bridgehead atoms. The lowest BCUT2D eigenvalue weighted by atomic mass is 9.82. The maximum absolute atomic E-state index is 3.84. The number of nitrogens with one attached hydrogen (secondary N) is 2. The van der Waals surface area contributed by atoms with Crippen LogP contribution in [-0.4, -0.2) is 24.7 Å². The van der Waals surface area contributed by atoms with E-state index < -0.39 is 0 Å². The van der Waals surface area contributed by atoms with Crippen molar-refractivity contribution in [2.24, 2.45) is 5.92 Å². The molecule has 2 rings (SSSR count). The van der Waals surface area contributed by atoms with E-state index in [-0.39, 0.29) is 0 Å². The summed E-state index contributed by atoms with van der Waals surface area (Å²) >= 11 is 0. The van der Waals surface area contributed by atoms with Crippen molar-refractivity contribution in [1.82, 2.24) is 10.6 Å². The van der Waals surface area contributed by atoms with Gasteiger partial charge < -0.3 is 10.6 Å². The van der Waals surface area contributed by atoms with Crippen LogP contribution >= 0.6 is 0 Å². The van der Waals surface area contributed by atoms with Gasteiger partial charge in [0.25, 0.3) is 0 Å². The highest BCUT2D eigenvalue weighted by molar-refractivity contribution is 4.89. The third kappa shape index (κ3) is 3.21. The number of rotatable bonds is 3. The predicted octanol–water partition coefficient (Wildman–Crippen LogP) is 2.69. The third-order valence-corrected chi connectivity index (χ3v) is 4.64. The van der Waals surface area contributed by atoms with E-state index in [0.29, 0.717) is 11.6 Å². The van der Waals surface area contributed by atoms with Gasteiger partial charge in [0, 0.05) is 18.1 Å². The molecule has 2 aliphatic rings. The zero-order chi connectivity index (χ0) is 11.4. The van der Waals surface area contributed by atoms with E-state index in [1.165, 1.54) is 51.5 Å². The summed E-state index contributed by atoms with van der Waals surface area (Å²) in [5.41, 5.74) is 0.428. The van der Waals surface area contributed by atoms with Crippen molar-refractivity contribution in [2.45, 2.75) is 70.4 Å². The zero-order valence-electron chi connectivity index (χ0n) is 11.0. The minimum absolute atomic E-state index is 0.428. The molecule has 2 atom stereocenters. The Bertz CT molecular complexity index is 209. The van der Waals surface area contributed by atoms with E-state index in [9.17, 15) is 0 Å². The van der Waals surface area contributed by atoms with E-state index in [1.807, 2.05) is 0 Å². The number of piperidine rings is 1. The molecule has 1 aliphatic heterocycles. The molecule has 0 radical (unpaired) electrons. The minimum Gasteiger partial charge on any atom is -0.312 e. The molecule has 2 unspecified atom stereocenters. The smallest absolute Gasteiger partial charge is 0.0218 e. The van der Waals surface area contributed by atoms with Crippen LogP contribution in [0.5, 0.6) is 0 Å². The average molecular weight is 224 g/mol. The Hall–Kier alpha value is -0.0800. The highest BCUT2D eigenvalue weighted by Gasteiger charge is 2.28. The van der Waals surface area contributed by atoms with Crippen LogP contribution in [0.2, 0.25) is 0 Å². The lowest BCUT2D eigenvalue weighted by molar-refractivity contribution is 0.216. The summed E-state index contributed by atoms with van der Waals surface area (Å²) in [6.45, 7) is 7.19. The van der Waals surface area contributed by atoms with Gasteiger partial charge in [-0.15, -0.1) is 0 Å². The van der Waals surface area contributed by atoms with Crippen LogP contribution in [0.1, 0.15) is 58.8 Å². The van der Waals surface area contributed by atoms with Crippen molar-refractivity contribution >= 4 is 0 Å². The Balaban J connectivity index is 1.76. The van der Waals surface area contributed by atoms with Crippen LogP contribution in [0.4, 0.5) is 0 Å². The van der Waals surface area contributed by atoms with Gasteiger partial charge in [-0.2, -0.15) is 0 Å². The highest BCUT2D eigenvalue weighted by Crippen LogP contribution is 2.27. The first kappa shape index (κ1) is 12.4. The maximum Gasteiger partial charge on any atom is 0.0218 e. The molecule has 94 valence electrons. The topological polar surface area (TPSA) is 24.1 Å². The van der Waals surface area contributed by atoms with Gasteiger partial charge in [-0.3, -0.25) is 0 Å². The highest BCUT2D eigenvalue weighted by atomic mass is 15.0. The third-order valence-electron chi connectivity index (χ3n) is 4.64.